The standard InChI is InChI=1S/C21H15Cl2N3S/c22-17-11-10-16(18(23)12-17)13-24-25-21-26(14-15-6-2-1-3-7-15)19-8-4-5-9-20(19)27-21/h1-13H,14H2. The minimum absolute atomic E-state index is 0.551. The summed E-state index contributed by atoms with van der Waals surface area (Å²) in [5, 5.41) is 9.87. The Balaban J connectivity index is 1.75. The lowest BCUT2D eigenvalue weighted by Crippen LogP contribution is -2.15. The predicted octanol–water partition coefficient (Wildman–Crippen LogP) is 5.99. The first-order valence-corrected chi connectivity index (χ1v) is 9.92. The minimum Gasteiger partial charge on any atom is -0.311 e. The van der Waals surface area contributed by atoms with Crippen LogP contribution in [0.2, 0.25) is 10.0 Å². The quantitative estimate of drug-likeness (QED) is 0.291. The lowest BCUT2D eigenvalue weighted by molar-refractivity contribution is 0.789. The number of halogens is 2. The van der Waals surface area contributed by atoms with Crippen LogP contribution >= 0.6 is 34.5 Å². The topological polar surface area (TPSA) is 29.6 Å². The third kappa shape index (κ3) is 4.14. The second-order valence-electron chi connectivity index (χ2n) is 5.93. The molecule has 6 heteroatoms. The van der Waals surface area contributed by atoms with Gasteiger partial charge in [-0.25, -0.2) is 0 Å². The smallest absolute Gasteiger partial charge is 0.211 e. The van der Waals surface area contributed by atoms with Gasteiger partial charge in [0, 0.05) is 10.6 Å². The largest absolute Gasteiger partial charge is 0.311 e. The van der Waals surface area contributed by atoms with E-state index in [1.54, 1.807) is 29.7 Å². The first-order valence-electron chi connectivity index (χ1n) is 8.35. The molecule has 0 atom stereocenters. The fourth-order valence-corrected chi connectivity index (χ4v) is 4.21. The first kappa shape index (κ1) is 18.0. The van der Waals surface area contributed by atoms with Crippen molar-refractivity contribution in [3.8, 4) is 0 Å². The van der Waals surface area contributed by atoms with Gasteiger partial charge in [-0.3, -0.25) is 0 Å². The number of hydrogen-bond donors (Lipinski definition) is 0. The summed E-state index contributed by atoms with van der Waals surface area (Å²) in [4.78, 5) is 0.835. The van der Waals surface area contributed by atoms with Crippen molar-refractivity contribution in [3.63, 3.8) is 0 Å². The van der Waals surface area contributed by atoms with Crippen molar-refractivity contribution in [2.24, 2.45) is 10.2 Å². The van der Waals surface area contributed by atoms with Gasteiger partial charge in [0.2, 0.25) is 4.80 Å². The molecule has 0 unspecified atom stereocenters. The highest BCUT2D eigenvalue weighted by Crippen LogP contribution is 2.20. The molecule has 0 N–H and O–H groups in total. The molecule has 0 amide bonds. The van der Waals surface area contributed by atoms with Gasteiger partial charge in [0.25, 0.3) is 0 Å². The van der Waals surface area contributed by atoms with Crippen molar-refractivity contribution < 1.29 is 0 Å². The molecule has 0 aliphatic carbocycles. The molecule has 0 saturated carbocycles. The summed E-state index contributed by atoms with van der Waals surface area (Å²) in [6.45, 7) is 0.737. The van der Waals surface area contributed by atoms with E-state index in [-0.39, 0.29) is 0 Å². The number of hydrogen-bond acceptors (Lipinski definition) is 3. The first-order chi connectivity index (χ1) is 13.2. The lowest BCUT2D eigenvalue weighted by Gasteiger charge is -2.04. The summed E-state index contributed by atoms with van der Waals surface area (Å²) in [5.74, 6) is 0. The van der Waals surface area contributed by atoms with Crippen LogP contribution in [0.25, 0.3) is 10.2 Å². The van der Waals surface area contributed by atoms with Crippen LogP contribution < -0.4 is 4.80 Å². The van der Waals surface area contributed by atoms with Crippen LogP contribution in [0.1, 0.15) is 11.1 Å². The van der Waals surface area contributed by atoms with Gasteiger partial charge < -0.3 is 4.57 Å². The fourth-order valence-electron chi connectivity index (χ4n) is 2.76. The van der Waals surface area contributed by atoms with E-state index < -0.39 is 0 Å². The van der Waals surface area contributed by atoms with E-state index in [4.69, 9.17) is 23.2 Å². The van der Waals surface area contributed by atoms with Gasteiger partial charge in [0.1, 0.15) is 0 Å². The summed E-state index contributed by atoms with van der Waals surface area (Å²) < 4.78 is 3.35. The minimum atomic E-state index is 0.551. The summed E-state index contributed by atoms with van der Waals surface area (Å²) in [7, 11) is 0. The molecule has 0 spiro atoms. The molecule has 27 heavy (non-hydrogen) atoms. The molecule has 3 aromatic carbocycles. The van der Waals surface area contributed by atoms with E-state index in [1.807, 2.05) is 36.4 Å². The van der Waals surface area contributed by atoms with E-state index >= 15 is 0 Å². The van der Waals surface area contributed by atoms with Gasteiger partial charge in [0.05, 0.1) is 28.0 Å². The average molecular weight is 412 g/mol. The van der Waals surface area contributed by atoms with Gasteiger partial charge in [-0.15, -0.1) is 5.10 Å². The maximum Gasteiger partial charge on any atom is 0.211 e. The molecule has 0 saturated heterocycles. The molecule has 4 rings (SSSR count). The molecule has 4 aromatic rings. The van der Waals surface area contributed by atoms with Crippen molar-refractivity contribution in [2.75, 3.05) is 0 Å². The van der Waals surface area contributed by atoms with Crippen LogP contribution in [0.15, 0.2) is 83.0 Å². The van der Waals surface area contributed by atoms with Gasteiger partial charge in [-0.1, -0.05) is 83.1 Å². The number of fused-ring (bicyclic) bond motifs is 1. The normalized spacial score (nSPS) is 12.3. The van der Waals surface area contributed by atoms with Crippen molar-refractivity contribution in [3.05, 3.63) is 98.8 Å². The monoisotopic (exact) mass is 411 g/mol. The second-order valence-corrected chi connectivity index (χ2v) is 7.79. The zero-order chi connectivity index (χ0) is 18.6. The maximum atomic E-state index is 6.19. The van der Waals surface area contributed by atoms with E-state index in [0.29, 0.717) is 10.0 Å². The van der Waals surface area contributed by atoms with Crippen molar-refractivity contribution in [2.45, 2.75) is 6.54 Å². The molecular weight excluding hydrogens is 397 g/mol. The Morgan fingerprint density at radius 1 is 0.926 bits per heavy atom. The Labute approximate surface area is 170 Å². The number of nitrogens with zero attached hydrogens (tertiary/aromatic N) is 3. The van der Waals surface area contributed by atoms with Crippen molar-refractivity contribution >= 4 is 51.0 Å². The average Bonchev–Trinajstić information content (AvgIpc) is 3.02. The SMILES string of the molecule is Clc1ccc(C=NN=c2sc3ccccc3n2Cc2ccccc2)c(Cl)c1. The molecule has 0 radical (unpaired) electrons. The van der Waals surface area contributed by atoms with Gasteiger partial charge in [0.15, 0.2) is 0 Å². The third-order valence-corrected chi connectivity index (χ3v) is 5.69. The molecule has 134 valence electrons. The van der Waals surface area contributed by atoms with E-state index in [0.717, 1.165) is 22.4 Å². The van der Waals surface area contributed by atoms with Gasteiger partial charge in [-0.05, 0) is 29.8 Å². The zero-order valence-corrected chi connectivity index (χ0v) is 16.5. The van der Waals surface area contributed by atoms with Crippen LogP contribution in [-0.4, -0.2) is 10.8 Å². The van der Waals surface area contributed by atoms with E-state index in [9.17, 15) is 0 Å². The third-order valence-electron chi connectivity index (χ3n) is 4.07. The van der Waals surface area contributed by atoms with Crippen molar-refractivity contribution in [1.82, 2.24) is 4.57 Å². The maximum absolute atomic E-state index is 6.19. The molecule has 0 bridgehead atoms. The molecule has 1 aromatic heterocycles. The Bertz CT molecular complexity index is 1180. The Morgan fingerprint density at radius 3 is 2.52 bits per heavy atom. The Hall–Kier alpha value is -2.40. The highest BCUT2D eigenvalue weighted by atomic mass is 35.5. The highest BCUT2D eigenvalue weighted by molar-refractivity contribution is 7.16. The number of benzene rings is 3. The van der Waals surface area contributed by atoms with Crippen molar-refractivity contribution in [1.29, 1.82) is 0 Å². The summed E-state index contributed by atoms with van der Waals surface area (Å²) in [6.07, 6.45) is 1.65. The van der Waals surface area contributed by atoms with Gasteiger partial charge >= 0.3 is 0 Å². The Morgan fingerprint density at radius 2 is 1.70 bits per heavy atom. The summed E-state index contributed by atoms with van der Waals surface area (Å²) in [5.41, 5.74) is 3.14. The van der Waals surface area contributed by atoms with Gasteiger partial charge in [-0.2, -0.15) is 5.10 Å². The number of para-hydroxylation sites is 1. The fraction of sp³-hybridized carbons (Fsp3) is 0.0476. The van der Waals surface area contributed by atoms with E-state index in [2.05, 4.69) is 39.0 Å². The zero-order valence-electron chi connectivity index (χ0n) is 14.2. The van der Waals surface area contributed by atoms with Crippen LogP contribution in [0.3, 0.4) is 0 Å². The van der Waals surface area contributed by atoms with Crippen LogP contribution in [0, 0.1) is 0 Å². The number of thiazole rings is 1. The molecule has 0 aliphatic heterocycles. The molecule has 0 fully saturated rings. The predicted molar refractivity (Wildman–Crippen MR) is 115 cm³/mol. The molecule has 3 nitrogen and oxygen atoms in total. The molecule has 0 aliphatic rings. The number of rotatable bonds is 4. The summed E-state index contributed by atoms with van der Waals surface area (Å²) >= 11 is 13.7. The van der Waals surface area contributed by atoms with Crippen LogP contribution in [0.5, 0.6) is 0 Å². The highest BCUT2D eigenvalue weighted by Gasteiger charge is 2.06. The van der Waals surface area contributed by atoms with E-state index in [1.165, 1.54) is 10.3 Å². The van der Waals surface area contributed by atoms with Crippen LogP contribution in [-0.2, 0) is 6.54 Å². The second kappa shape index (κ2) is 8.09. The molecule has 1 heterocycles. The van der Waals surface area contributed by atoms with Crippen LogP contribution in [0.4, 0.5) is 0 Å². The molecular formula is C21H15Cl2N3S. The summed E-state index contributed by atoms with van der Waals surface area (Å²) in [6, 6.07) is 23.9. The lowest BCUT2D eigenvalue weighted by atomic mass is 10.2. The number of aromatic nitrogens is 1. The Kier molecular flexibility index (Phi) is 5.39.